The van der Waals surface area contributed by atoms with Gasteiger partial charge in [0.25, 0.3) is 5.69 Å². The lowest BCUT2D eigenvalue weighted by atomic mass is 10.0. The third kappa shape index (κ3) is 5.24. The van der Waals surface area contributed by atoms with Gasteiger partial charge in [-0.2, -0.15) is 0 Å². The Hall–Kier alpha value is -1.50. The molecule has 0 heterocycles. The molecule has 2 N–H and O–H groups in total. The highest BCUT2D eigenvalue weighted by atomic mass is 16.6. The van der Waals surface area contributed by atoms with Crippen molar-refractivity contribution >= 4 is 5.69 Å². The first-order valence-corrected chi connectivity index (χ1v) is 6.73. The first-order chi connectivity index (χ1) is 9.58. The van der Waals surface area contributed by atoms with Crippen molar-refractivity contribution in [2.45, 2.75) is 31.9 Å². The summed E-state index contributed by atoms with van der Waals surface area (Å²) in [6, 6.07) is 6.69. The molecule has 0 spiro atoms. The molecule has 1 aromatic rings. The first kappa shape index (κ1) is 16.6. The zero-order chi connectivity index (χ0) is 15.0. The van der Waals surface area contributed by atoms with E-state index in [0.29, 0.717) is 19.6 Å². The Bertz CT molecular complexity index is 425. The van der Waals surface area contributed by atoms with Crippen LogP contribution in [0.5, 0.6) is 0 Å². The van der Waals surface area contributed by atoms with E-state index in [1.54, 1.807) is 19.2 Å². The van der Waals surface area contributed by atoms with Gasteiger partial charge in [-0.1, -0.05) is 19.1 Å². The number of nitro groups is 1. The molecule has 0 fully saturated rings. The second kappa shape index (κ2) is 8.63. The van der Waals surface area contributed by atoms with Crippen molar-refractivity contribution in [3.8, 4) is 0 Å². The highest BCUT2D eigenvalue weighted by Gasteiger charge is 2.13. The summed E-state index contributed by atoms with van der Waals surface area (Å²) in [7, 11) is 1.55. The molecule has 6 nitrogen and oxygen atoms in total. The molecule has 0 aliphatic heterocycles. The summed E-state index contributed by atoms with van der Waals surface area (Å²) in [5.74, 6) is 0. The van der Waals surface area contributed by atoms with Gasteiger partial charge < -0.3 is 15.2 Å². The SMILES string of the molecule is CCC(NCCC(O)COC)c1cccc([N+](=O)[O-])c1. The monoisotopic (exact) mass is 282 g/mol. The fraction of sp³-hybridized carbons (Fsp3) is 0.571. The van der Waals surface area contributed by atoms with Crippen LogP contribution in [0.4, 0.5) is 5.69 Å². The average molecular weight is 282 g/mol. The van der Waals surface area contributed by atoms with Gasteiger partial charge in [-0.3, -0.25) is 10.1 Å². The van der Waals surface area contributed by atoms with Crippen LogP contribution in [-0.4, -0.2) is 36.4 Å². The number of aliphatic hydroxyl groups is 1. The third-order valence-electron chi connectivity index (χ3n) is 3.12. The van der Waals surface area contributed by atoms with Gasteiger partial charge in [0.05, 0.1) is 17.6 Å². The maximum Gasteiger partial charge on any atom is 0.269 e. The van der Waals surface area contributed by atoms with Crippen LogP contribution < -0.4 is 5.32 Å². The second-order valence-electron chi connectivity index (χ2n) is 4.66. The van der Waals surface area contributed by atoms with Crippen molar-refractivity contribution in [2.75, 3.05) is 20.3 Å². The minimum atomic E-state index is -0.491. The van der Waals surface area contributed by atoms with Crippen LogP contribution in [0.15, 0.2) is 24.3 Å². The van der Waals surface area contributed by atoms with Gasteiger partial charge in [0.2, 0.25) is 0 Å². The summed E-state index contributed by atoms with van der Waals surface area (Å²) < 4.78 is 4.86. The summed E-state index contributed by atoms with van der Waals surface area (Å²) in [5.41, 5.74) is 0.991. The lowest BCUT2D eigenvalue weighted by Gasteiger charge is -2.18. The summed E-state index contributed by atoms with van der Waals surface area (Å²) in [6.07, 6.45) is 0.913. The average Bonchev–Trinajstić information content (AvgIpc) is 2.44. The Morgan fingerprint density at radius 2 is 2.25 bits per heavy atom. The number of hydrogen-bond acceptors (Lipinski definition) is 5. The summed E-state index contributed by atoms with van der Waals surface area (Å²) in [4.78, 5) is 10.4. The molecule has 1 aromatic carbocycles. The molecule has 2 atom stereocenters. The molecule has 0 saturated carbocycles. The van der Waals surface area contributed by atoms with E-state index in [1.165, 1.54) is 6.07 Å². The van der Waals surface area contributed by atoms with Crippen LogP contribution in [0.3, 0.4) is 0 Å². The first-order valence-electron chi connectivity index (χ1n) is 6.73. The number of benzene rings is 1. The van der Waals surface area contributed by atoms with Crippen LogP contribution in [0, 0.1) is 10.1 Å². The largest absolute Gasteiger partial charge is 0.391 e. The van der Waals surface area contributed by atoms with E-state index in [2.05, 4.69) is 5.32 Å². The predicted octanol–water partition coefficient (Wildman–Crippen LogP) is 2.03. The number of nitrogens with one attached hydrogen (secondary N) is 1. The van der Waals surface area contributed by atoms with Crippen molar-refractivity contribution < 1.29 is 14.8 Å². The number of aliphatic hydroxyl groups excluding tert-OH is 1. The lowest BCUT2D eigenvalue weighted by Crippen LogP contribution is -2.26. The van der Waals surface area contributed by atoms with Crippen LogP contribution in [0.1, 0.15) is 31.4 Å². The van der Waals surface area contributed by atoms with Crippen molar-refractivity contribution in [1.82, 2.24) is 5.32 Å². The van der Waals surface area contributed by atoms with E-state index in [9.17, 15) is 15.2 Å². The Morgan fingerprint density at radius 1 is 1.50 bits per heavy atom. The zero-order valence-corrected chi connectivity index (χ0v) is 11.9. The van der Waals surface area contributed by atoms with Gasteiger partial charge in [-0.25, -0.2) is 0 Å². The summed E-state index contributed by atoms with van der Waals surface area (Å²) in [5, 5.41) is 23.6. The van der Waals surface area contributed by atoms with Crippen LogP contribution in [-0.2, 0) is 4.74 Å². The van der Waals surface area contributed by atoms with E-state index in [-0.39, 0.29) is 11.7 Å². The predicted molar refractivity (Wildman–Crippen MR) is 76.6 cm³/mol. The van der Waals surface area contributed by atoms with Gasteiger partial charge in [-0.05, 0) is 24.9 Å². The molecule has 2 unspecified atom stereocenters. The molecule has 0 amide bonds. The third-order valence-corrected chi connectivity index (χ3v) is 3.12. The van der Waals surface area contributed by atoms with E-state index in [0.717, 1.165) is 12.0 Å². The zero-order valence-electron chi connectivity index (χ0n) is 11.9. The number of non-ortho nitro benzene ring substituents is 1. The van der Waals surface area contributed by atoms with Crippen LogP contribution in [0.25, 0.3) is 0 Å². The minimum absolute atomic E-state index is 0.0460. The number of rotatable bonds is 9. The molecule has 20 heavy (non-hydrogen) atoms. The van der Waals surface area contributed by atoms with E-state index >= 15 is 0 Å². The standard InChI is InChI=1S/C14H22N2O4/c1-3-14(15-8-7-13(17)10-20-2)11-5-4-6-12(9-11)16(18)19/h4-6,9,13-15,17H,3,7-8,10H2,1-2H3. The van der Waals surface area contributed by atoms with Crippen LogP contribution in [0.2, 0.25) is 0 Å². The molecule has 1 rings (SSSR count). The highest BCUT2D eigenvalue weighted by Crippen LogP contribution is 2.21. The molecule has 0 aromatic heterocycles. The van der Waals surface area contributed by atoms with Crippen molar-refractivity contribution in [2.24, 2.45) is 0 Å². The Kier molecular flexibility index (Phi) is 7.14. The number of methoxy groups -OCH3 is 1. The molecular weight excluding hydrogens is 260 g/mol. The van der Waals surface area contributed by atoms with Crippen molar-refractivity contribution in [3.63, 3.8) is 0 Å². The van der Waals surface area contributed by atoms with Gasteiger partial charge in [0, 0.05) is 25.3 Å². The topological polar surface area (TPSA) is 84.6 Å². The quantitative estimate of drug-likeness (QED) is 0.535. The summed E-state index contributed by atoms with van der Waals surface area (Å²) >= 11 is 0. The van der Waals surface area contributed by atoms with Gasteiger partial charge in [-0.15, -0.1) is 0 Å². The van der Waals surface area contributed by atoms with Gasteiger partial charge in [0.15, 0.2) is 0 Å². The number of nitrogens with zero attached hydrogens (tertiary/aromatic N) is 1. The molecule has 112 valence electrons. The lowest BCUT2D eigenvalue weighted by molar-refractivity contribution is -0.384. The van der Waals surface area contributed by atoms with Gasteiger partial charge in [0.1, 0.15) is 0 Å². The van der Waals surface area contributed by atoms with Crippen molar-refractivity contribution in [3.05, 3.63) is 39.9 Å². The molecule has 6 heteroatoms. The van der Waals surface area contributed by atoms with Crippen molar-refractivity contribution in [1.29, 1.82) is 0 Å². The Labute approximate surface area is 118 Å². The number of nitro benzene ring substituents is 1. The number of hydrogen-bond donors (Lipinski definition) is 2. The maximum atomic E-state index is 10.8. The fourth-order valence-electron chi connectivity index (χ4n) is 2.05. The van der Waals surface area contributed by atoms with Crippen LogP contribution >= 0.6 is 0 Å². The molecule has 0 aliphatic rings. The second-order valence-corrected chi connectivity index (χ2v) is 4.66. The fourth-order valence-corrected chi connectivity index (χ4v) is 2.05. The minimum Gasteiger partial charge on any atom is -0.391 e. The molecule has 0 bridgehead atoms. The van der Waals surface area contributed by atoms with E-state index in [1.807, 2.05) is 13.0 Å². The molecule has 0 aliphatic carbocycles. The smallest absolute Gasteiger partial charge is 0.269 e. The highest BCUT2D eigenvalue weighted by molar-refractivity contribution is 5.35. The maximum absolute atomic E-state index is 10.8. The van der Waals surface area contributed by atoms with E-state index in [4.69, 9.17) is 4.74 Å². The van der Waals surface area contributed by atoms with E-state index < -0.39 is 11.0 Å². The number of ether oxygens (including phenoxy) is 1. The molecule has 0 saturated heterocycles. The Balaban J connectivity index is 2.57. The summed E-state index contributed by atoms with van der Waals surface area (Å²) in [6.45, 7) is 2.96. The molecular formula is C14H22N2O4. The van der Waals surface area contributed by atoms with Gasteiger partial charge >= 0.3 is 0 Å². The normalized spacial score (nSPS) is 13.9. The Morgan fingerprint density at radius 3 is 2.85 bits per heavy atom. The molecule has 0 radical (unpaired) electrons.